The van der Waals surface area contributed by atoms with E-state index in [1.807, 2.05) is 0 Å². The summed E-state index contributed by atoms with van der Waals surface area (Å²) in [6, 6.07) is 81.8. The van der Waals surface area contributed by atoms with E-state index in [9.17, 15) is 0 Å². The molecular weight excluding hydrogens is 709 g/mol. The molecule has 2 aliphatic carbocycles. The van der Waals surface area contributed by atoms with E-state index in [0.29, 0.717) is 0 Å². The molecule has 0 N–H and O–H groups in total. The third kappa shape index (κ3) is 4.33. The average molecular weight is 745 g/mol. The lowest BCUT2D eigenvalue weighted by Crippen LogP contribution is -2.25. The van der Waals surface area contributed by atoms with Crippen LogP contribution in [-0.2, 0) is 5.41 Å². The van der Waals surface area contributed by atoms with Gasteiger partial charge in [0.2, 0.25) is 0 Å². The summed E-state index contributed by atoms with van der Waals surface area (Å²) in [5.74, 6) is 0. The van der Waals surface area contributed by atoms with Crippen LogP contribution in [0, 0.1) is 0 Å². The molecule has 0 nitrogen and oxygen atoms in total. The molecular formula is C59H36. The maximum absolute atomic E-state index is 2.59. The summed E-state index contributed by atoms with van der Waals surface area (Å²) in [4.78, 5) is 0. The van der Waals surface area contributed by atoms with Gasteiger partial charge >= 0.3 is 0 Å². The highest BCUT2D eigenvalue weighted by Gasteiger charge is 2.52. The Bertz CT molecular complexity index is 3440. The zero-order valence-electron chi connectivity index (χ0n) is 32.3. The predicted molar refractivity (Wildman–Crippen MR) is 249 cm³/mol. The van der Waals surface area contributed by atoms with Gasteiger partial charge in [0, 0.05) is 0 Å². The van der Waals surface area contributed by atoms with Crippen LogP contribution < -0.4 is 0 Å². The van der Waals surface area contributed by atoms with Crippen molar-refractivity contribution < 1.29 is 0 Å². The lowest BCUT2D eigenvalue weighted by atomic mass is 9.69. The van der Waals surface area contributed by atoms with Crippen LogP contribution >= 0.6 is 0 Å². The quantitative estimate of drug-likeness (QED) is 0.158. The van der Waals surface area contributed by atoms with E-state index in [-0.39, 0.29) is 0 Å². The van der Waals surface area contributed by atoms with Crippen LogP contribution in [0.2, 0.25) is 0 Å². The summed E-state index contributed by atoms with van der Waals surface area (Å²) in [6.45, 7) is 0. The van der Waals surface area contributed by atoms with Gasteiger partial charge in [-0.3, -0.25) is 0 Å². The summed E-state index contributed by atoms with van der Waals surface area (Å²) in [5, 5.41) is 10.2. The van der Waals surface area contributed by atoms with Crippen LogP contribution in [0.15, 0.2) is 218 Å². The second-order valence-electron chi connectivity index (χ2n) is 16.2. The maximum atomic E-state index is 2.59. The predicted octanol–water partition coefficient (Wildman–Crippen LogP) is 15.6. The first-order chi connectivity index (χ1) is 29.3. The molecule has 13 rings (SSSR count). The third-order valence-corrected chi connectivity index (χ3v) is 13.5. The molecule has 0 heterocycles. The molecule has 0 saturated carbocycles. The fourth-order valence-corrected chi connectivity index (χ4v) is 11.2. The van der Waals surface area contributed by atoms with Crippen LogP contribution in [0.4, 0.5) is 0 Å². The highest BCUT2D eigenvalue weighted by atomic mass is 14.5. The van der Waals surface area contributed by atoms with Gasteiger partial charge in [0.15, 0.2) is 0 Å². The molecule has 0 amide bonds. The Labute approximate surface area is 343 Å². The Morgan fingerprint density at radius 3 is 1.24 bits per heavy atom. The highest BCUT2D eigenvalue weighted by Crippen LogP contribution is 2.64. The van der Waals surface area contributed by atoms with E-state index >= 15 is 0 Å². The minimum absolute atomic E-state index is 0.435. The standard InChI is InChI=1S/C59H36/c1-2-18-40-37(16-1)17-15-28-41(40)38-32-34-39(35-33-38)56-46-23-5-7-25-48(46)57(49-26-8-6-24-47(49)56)51-36-55-58(45-22-4-3-19-42(45)51)50-27-11-14-31-54(50)59(55)52-29-12-9-20-43(52)44-21-10-13-30-53(44)59/h1-36H. The summed E-state index contributed by atoms with van der Waals surface area (Å²) < 4.78 is 0. The minimum atomic E-state index is -0.435. The first-order valence-electron chi connectivity index (χ1n) is 20.7. The number of fused-ring (bicyclic) bond motifs is 15. The molecule has 0 radical (unpaired) electrons. The van der Waals surface area contributed by atoms with E-state index < -0.39 is 5.41 Å². The molecule has 0 atom stereocenters. The fourth-order valence-electron chi connectivity index (χ4n) is 11.2. The summed E-state index contributed by atoms with van der Waals surface area (Å²) in [5.41, 5.74) is 17.9. The smallest absolute Gasteiger partial charge is 0.0619 e. The second kappa shape index (κ2) is 12.2. The average Bonchev–Trinajstić information content (AvgIpc) is 3.78. The normalized spacial score (nSPS) is 13.2. The molecule has 1 spiro atoms. The van der Waals surface area contributed by atoms with E-state index in [0.717, 1.165) is 0 Å². The van der Waals surface area contributed by atoms with Gasteiger partial charge in [0.05, 0.1) is 5.41 Å². The van der Waals surface area contributed by atoms with Gasteiger partial charge in [-0.25, -0.2) is 0 Å². The molecule has 0 unspecified atom stereocenters. The lowest BCUT2D eigenvalue weighted by molar-refractivity contribution is 0.795. The van der Waals surface area contributed by atoms with Crippen molar-refractivity contribution in [2.45, 2.75) is 5.41 Å². The van der Waals surface area contributed by atoms with Crippen LogP contribution in [0.5, 0.6) is 0 Å². The number of hydrogen-bond acceptors (Lipinski definition) is 0. The maximum Gasteiger partial charge on any atom is 0.0725 e. The van der Waals surface area contributed by atoms with Crippen LogP contribution in [0.1, 0.15) is 22.3 Å². The van der Waals surface area contributed by atoms with Gasteiger partial charge < -0.3 is 0 Å². The molecule has 59 heavy (non-hydrogen) atoms. The minimum Gasteiger partial charge on any atom is -0.0619 e. The number of hydrogen-bond donors (Lipinski definition) is 0. The van der Waals surface area contributed by atoms with Gasteiger partial charge in [-0.1, -0.05) is 212 Å². The number of benzene rings is 11. The first-order valence-corrected chi connectivity index (χ1v) is 20.7. The van der Waals surface area contributed by atoms with Crippen molar-refractivity contribution in [3.63, 3.8) is 0 Å². The highest BCUT2D eigenvalue weighted by molar-refractivity contribution is 6.25. The fraction of sp³-hybridized carbons (Fsp3) is 0.0169. The molecule has 0 fully saturated rings. The molecule has 0 aromatic heterocycles. The van der Waals surface area contributed by atoms with Crippen LogP contribution in [-0.4, -0.2) is 0 Å². The molecule has 0 aliphatic heterocycles. The van der Waals surface area contributed by atoms with Crippen LogP contribution in [0.3, 0.4) is 0 Å². The Morgan fingerprint density at radius 2 is 0.627 bits per heavy atom. The summed E-state index contributed by atoms with van der Waals surface area (Å²) >= 11 is 0. The third-order valence-electron chi connectivity index (χ3n) is 13.5. The van der Waals surface area contributed by atoms with Gasteiger partial charge in [-0.05, 0) is 127 Å². The van der Waals surface area contributed by atoms with Crippen molar-refractivity contribution in [2.24, 2.45) is 0 Å². The molecule has 0 heteroatoms. The Kier molecular flexibility index (Phi) is 6.74. The molecule has 11 aromatic rings. The zero-order valence-corrected chi connectivity index (χ0v) is 32.3. The second-order valence-corrected chi connectivity index (χ2v) is 16.2. The topological polar surface area (TPSA) is 0 Å². The van der Waals surface area contributed by atoms with Gasteiger partial charge in [0.1, 0.15) is 0 Å². The lowest BCUT2D eigenvalue weighted by Gasteiger charge is -2.31. The Morgan fingerprint density at radius 1 is 0.220 bits per heavy atom. The number of rotatable bonds is 3. The van der Waals surface area contributed by atoms with E-state index in [2.05, 4.69) is 218 Å². The molecule has 272 valence electrons. The first kappa shape index (κ1) is 32.5. The van der Waals surface area contributed by atoms with Crippen molar-refractivity contribution >= 4 is 43.1 Å². The molecule has 0 bridgehead atoms. The summed E-state index contributed by atoms with van der Waals surface area (Å²) in [6.07, 6.45) is 0. The molecule has 11 aromatic carbocycles. The van der Waals surface area contributed by atoms with E-state index in [4.69, 9.17) is 0 Å². The SMILES string of the molecule is c1ccc2c(c1)-c1ccccc1C21c2ccccc2-c2c1cc(-c1c3ccccc3c(-c3ccc(-c4cccc5ccccc45)cc3)c3ccccc13)c1ccccc21. The largest absolute Gasteiger partial charge is 0.0725 e. The Hall–Kier alpha value is -7.54. The van der Waals surface area contributed by atoms with Crippen molar-refractivity contribution in [3.8, 4) is 55.6 Å². The van der Waals surface area contributed by atoms with E-state index in [1.54, 1.807) is 0 Å². The van der Waals surface area contributed by atoms with Crippen molar-refractivity contribution in [2.75, 3.05) is 0 Å². The van der Waals surface area contributed by atoms with Crippen molar-refractivity contribution in [1.29, 1.82) is 0 Å². The molecule has 0 saturated heterocycles. The Balaban J connectivity index is 1.11. The van der Waals surface area contributed by atoms with E-state index in [1.165, 1.54) is 121 Å². The summed E-state index contributed by atoms with van der Waals surface area (Å²) in [7, 11) is 0. The molecule has 2 aliphatic rings. The van der Waals surface area contributed by atoms with Gasteiger partial charge in [0.25, 0.3) is 0 Å². The zero-order chi connectivity index (χ0) is 38.7. The van der Waals surface area contributed by atoms with Crippen molar-refractivity contribution in [3.05, 3.63) is 241 Å². The van der Waals surface area contributed by atoms with Crippen LogP contribution in [0.25, 0.3) is 98.7 Å². The van der Waals surface area contributed by atoms with Gasteiger partial charge in [-0.2, -0.15) is 0 Å². The van der Waals surface area contributed by atoms with Gasteiger partial charge in [-0.15, -0.1) is 0 Å². The monoisotopic (exact) mass is 744 g/mol. The van der Waals surface area contributed by atoms with Crippen molar-refractivity contribution in [1.82, 2.24) is 0 Å².